The van der Waals surface area contributed by atoms with Crippen LogP contribution in [0.5, 0.6) is 0 Å². The Morgan fingerprint density at radius 1 is 0.629 bits per heavy atom. The Kier molecular flexibility index (Phi) is 7.33. The van der Waals surface area contributed by atoms with Crippen LogP contribution in [0.15, 0.2) is 102 Å². The summed E-state index contributed by atoms with van der Waals surface area (Å²) in [4.78, 5) is 5.02. The van der Waals surface area contributed by atoms with E-state index in [0.717, 1.165) is 0 Å². The first-order valence-electron chi connectivity index (χ1n) is 12.2. The largest absolute Gasteiger partial charge is 0.311 e. The average molecular weight is 509 g/mol. The maximum atomic E-state index is 2.36. The van der Waals surface area contributed by atoms with Crippen molar-refractivity contribution in [3.63, 3.8) is 0 Å². The highest BCUT2D eigenvalue weighted by Gasteiger charge is 2.15. The van der Waals surface area contributed by atoms with Crippen molar-refractivity contribution in [3.05, 3.63) is 108 Å². The maximum absolute atomic E-state index is 2.36. The Morgan fingerprint density at radius 2 is 1.17 bits per heavy atom. The zero-order valence-electron chi connectivity index (χ0n) is 20.5. The second kappa shape index (κ2) is 10.8. The van der Waals surface area contributed by atoms with Crippen LogP contribution in [0.1, 0.15) is 19.4 Å². The molecule has 1 nitrogen and oxygen atoms in total. The van der Waals surface area contributed by atoms with Crippen molar-refractivity contribution < 1.29 is 0 Å². The van der Waals surface area contributed by atoms with Gasteiger partial charge in [0, 0.05) is 26.8 Å². The van der Waals surface area contributed by atoms with Crippen LogP contribution in [0.3, 0.4) is 0 Å². The lowest BCUT2D eigenvalue weighted by Crippen LogP contribution is -2.24. The van der Waals surface area contributed by atoms with Gasteiger partial charge in [-0.2, -0.15) is 0 Å². The molecule has 0 N–H and O–H groups in total. The van der Waals surface area contributed by atoms with Crippen LogP contribution in [0, 0.1) is 6.92 Å². The molecule has 0 aliphatic heterocycles. The highest BCUT2D eigenvalue weighted by atomic mass is 32.1. The summed E-state index contributed by atoms with van der Waals surface area (Å²) in [7, 11) is -0.392. The predicted octanol–water partition coefficient (Wildman–Crippen LogP) is 9.66. The van der Waals surface area contributed by atoms with Crippen molar-refractivity contribution in [2.75, 3.05) is 4.90 Å². The molecule has 2 aromatic heterocycles. The highest BCUT2D eigenvalue weighted by Crippen LogP contribution is 2.37. The molecule has 0 unspecified atom stereocenters. The average Bonchev–Trinajstić information content (AvgIpc) is 3.60. The van der Waals surface area contributed by atoms with E-state index in [1.165, 1.54) is 55.6 Å². The third-order valence-corrected chi connectivity index (χ3v) is 12.1. The van der Waals surface area contributed by atoms with Crippen LogP contribution >= 0.6 is 22.7 Å². The van der Waals surface area contributed by atoms with E-state index in [1.54, 1.807) is 15.8 Å². The second-order valence-corrected chi connectivity index (χ2v) is 14.3. The van der Waals surface area contributed by atoms with Gasteiger partial charge in [-0.3, -0.25) is 0 Å². The lowest BCUT2D eigenvalue weighted by Gasteiger charge is -2.26. The number of nitrogens with zero attached hydrogens (tertiary/aromatic N) is 1. The minimum atomic E-state index is -0.392. The Bertz CT molecular complexity index is 1350. The molecule has 0 bridgehead atoms. The number of rotatable bonds is 8. The number of hydrogen-bond donors (Lipinski definition) is 0. The standard InChI is InChI=1S/C31H30NS2Si/c1-4-35(5-2)31-21-20-30(34-31)25-12-18-28(19-13-25)32(26-14-8-23(3)9-15-26)27-16-10-24(11-17-27)29-7-6-22-33-29/h6-22H,4-5H2,1-3H3. The maximum Gasteiger partial charge on any atom is 0.0987 e. The molecule has 5 rings (SSSR count). The monoisotopic (exact) mass is 508 g/mol. The van der Waals surface area contributed by atoms with Crippen molar-refractivity contribution in [2.45, 2.75) is 32.9 Å². The first-order chi connectivity index (χ1) is 17.2. The van der Waals surface area contributed by atoms with Crippen molar-refractivity contribution >= 4 is 53.0 Å². The third kappa shape index (κ3) is 5.20. The second-order valence-electron chi connectivity index (χ2n) is 8.72. The fraction of sp³-hybridized carbons (Fsp3) is 0.161. The molecule has 0 fully saturated rings. The van der Waals surface area contributed by atoms with Gasteiger partial charge in [-0.25, -0.2) is 0 Å². The summed E-state index contributed by atoms with van der Waals surface area (Å²) in [6, 6.07) is 38.3. The van der Waals surface area contributed by atoms with Crippen LogP contribution in [0.25, 0.3) is 20.9 Å². The summed E-state index contributed by atoms with van der Waals surface area (Å²) in [5.74, 6) is 0. The first-order valence-corrected chi connectivity index (χ1v) is 15.8. The lowest BCUT2D eigenvalue weighted by molar-refractivity contribution is 1.28. The molecule has 0 amide bonds. The van der Waals surface area contributed by atoms with Gasteiger partial charge in [-0.1, -0.05) is 80.0 Å². The molecule has 3 aromatic carbocycles. The van der Waals surface area contributed by atoms with Crippen LogP contribution < -0.4 is 9.40 Å². The smallest absolute Gasteiger partial charge is 0.0987 e. The molecule has 0 atom stereocenters. The van der Waals surface area contributed by atoms with E-state index in [4.69, 9.17) is 0 Å². The third-order valence-electron chi connectivity index (χ3n) is 6.44. The van der Waals surface area contributed by atoms with Crippen molar-refractivity contribution in [3.8, 4) is 20.9 Å². The fourth-order valence-corrected chi connectivity index (χ4v) is 9.20. The van der Waals surface area contributed by atoms with E-state index in [2.05, 4.69) is 128 Å². The van der Waals surface area contributed by atoms with Crippen molar-refractivity contribution in [1.82, 2.24) is 0 Å². The van der Waals surface area contributed by atoms with Crippen LogP contribution in [0.2, 0.25) is 12.1 Å². The normalized spacial score (nSPS) is 11.2. The minimum absolute atomic E-state index is 0.392. The van der Waals surface area contributed by atoms with Crippen LogP contribution in [-0.4, -0.2) is 8.80 Å². The zero-order chi connectivity index (χ0) is 24.2. The van der Waals surface area contributed by atoms with Gasteiger partial charge in [0.2, 0.25) is 0 Å². The van der Waals surface area contributed by atoms with Gasteiger partial charge in [0.05, 0.1) is 8.80 Å². The summed E-state index contributed by atoms with van der Waals surface area (Å²) in [6.07, 6.45) is 0. The number of hydrogen-bond acceptors (Lipinski definition) is 3. The van der Waals surface area contributed by atoms with E-state index in [9.17, 15) is 0 Å². The van der Waals surface area contributed by atoms with Crippen molar-refractivity contribution in [1.29, 1.82) is 0 Å². The molecule has 1 radical (unpaired) electrons. The molecule has 0 aliphatic carbocycles. The van der Waals surface area contributed by atoms with Gasteiger partial charge < -0.3 is 4.90 Å². The molecule has 5 aromatic rings. The minimum Gasteiger partial charge on any atom is -0.311 e. The SMILES string of the molecule is CC[Si](CC)c1ccc(-c2ccc(N(c3ccc(C)cc3)c3ccc(-c4cccs4)cc3)cc2)s1. The van der Waals surface area contributed by atoms with E-state index >= 15 is 0 Å². The first kappa shape index (κ1) is 23.8. The van der Waals surface area contributed by atoms with E-state index in [-0.39, 0.29) is 0 Å². The topological polar surface area (TPSA) is 3.24 Å². The number of thiophene rings is 2. The number of benzene rings is 3. The summed E-state index contributed by atoms with van der Waals surface area (Å²) in [5, 5.41) is 2.13. The number of anilines is 3. The zero-order valence-corrected chi connectivity index (χ0v) is 23.1. The van der Waals surface area contributed by atoms with Crippen LogP contribution in [-0.2, 0) is 0 Å². The molecule has 0 saturated carbocycles. The Balaban J connectivity index is 1.48. The lowest BCUT2D eigenvalue weighted by atomic mass is 10.1. The Morgan fingerprint density at radius 3 is 1.69 bits per heavy atom. The van der Waals surface area contributed by atoms with Gasteiger partial charge in [0.15, 0.2) is 0 Å². The Hall–Kier alpha value is -2.92. The van der Waals surface area contributed by atoms with E-state index < -0.39 is 8.80 Å². The Labute approximate surface area is 219 Å². The molecule has 0 saturated heterocycles. The van der Waals surface area contributed by atoms with Crippen LogP contribution in [0.4, 0.5) is 17.1 Å². The molecular weight excluding hydrogens is 479 g/mol. The molecule has 2 heterocycles. The quantitative estimate of drug-likeness (QED) is 0.189. The summed E-state index contributed by atoms with van der Waals surface area (Å²) in [6.45, 7) is 6.80. The molecule has 4 heteroatoms. The molecule has 35 heavy (non-hydrogen) atoms. The highest BCUT2D eigenvalue weighted by molar-refractivity contribution is 7.26. The van der Waals surface area contributed by atoms with Gasteiger partial charge in [-0.05, 0) is 76.5 Å². The molecular formula is C31H30NS2Si. The van der Waals surface area contributed by atoms with E-state index in [0.29, 0.717) is 0 Å². The van der Waals surface area contributed by atoms with Gasteiger partial charge in [-0.15, -0.1) is 22.7 Å². The van der Waals surface area contributed by atoms with E-state index in [1.807, 2.05) is 11.3 Å². The van der Waals surface area contributed by atoms with Gasteiger partial charge >= 0.3 is 0 Å². The van der Waals surface area contributed by atoms with Gasteiger partial charge in [0.1, 0.15) is 0 Å². The molecule has 0 aliphatic rings. The molecule has 0 spiro atoms. The predicted molar refractivity (Wildman–Crippen MR) is 159 cm³/mol. The summed E-state index contributed by atoms with van der Waals surface area (Å²) in [5.41, 5.74) is 7.34. The van der Waals surface area contributed by atoms with Gasteiger partial charge in [0.25, 0.3) is 0 Å². The van der Waals surface area contributed by atoms with Crippen molar-refractivity contribution in [2.24, 2.45) is 0 Å². The number of aryl methyl sites for hydroxylation is 1. The summed E-state index contributed by atoms with van der Waals surface area (Å²) < 4.78 is 1.60. The molecule has 175 valence electrons. The summed E-state index contributed by atoms with van der Waals surface area (Å²) >= 11 is 3.76. The fourth-order valence-electron chi connectivity index (χ4n) is 4.41.